The van der Waals surface area contributed by atoms with Crippen molar-refractivity contribution in [3.63, 3.8) is 0 Å². The molecule has 0 fully saturated rings. The molecule has 1 aromatic carbocycles. The predicted molar refractivity (Wildman–Crippen MR) is 102 cm³/mol. The van der Waals surface area contributed by atoms with Crippen LogP contribution < -0.4 is 27.2 Å². The Morgan fingerprint density at radius 2 is 1.61 bits per heavy atom. The van der Waals surface area contributed by atoms with Crippen LogP contribution in [0.1, 0.15) is 34.1 Å². The fourth-order valence-electron chi connectivity index (χ4n) is 2.23. The van der Waals surface area contributed by atoms with Gasteiger partial charge in [-0.15, -0.1) is 0 Å². The predicted octanol–water partition coefficient (Wildman–Crippen LogP) is -0.418. The minimum Gasteiger partial charge on any atom is -0.350 e. The average Bonchev–Trinajstić information content (AvgIpc) is 2.69. The van der Waals surface area contributed by atoms with E-state index in [0.717, 1.165) is 10.8 Å². The molecule has 2 aromatic rings. The minimum atomic E-state index is -0.708. The van der Waals surface area contributed by atoms with Crippen LogP contribution in [0.4, 0.5) is 5.69 Å². The number of aromatic nitrogens is 2. The molecule has 0 bridgehead atoms. The summed E-state index contributed by atoms with van der Waals surface area (Å²) < 4.78 is 0.795. The van der Waals surface area contributed by atoms with Crippen LogP contribution in [0.15, 0.2) is 40.1 Å². The summed E-state index contributed by atoms with van der Waals surface area (Å²) in [6.45, 7) is 1.98. The number of carbonyl (C=O) groups excluding carboxylic acids is 3. The highest BCUT2D eigenvalue weighted by atomic mass is 16.2. The maximum Gasteiger partial charge on any atom is 0.328 e. The van der Waals surface area contributed by atoms with Crippen molar-refractivity contribution < 1.29 is 14.4 Å². The molecule has 3 amide bonds. The molecule has 0 unspecified atom stereocenters. The first kappa shape index (κ1) is 20.6. The number of hydrogen-bond donors (Lipinski definition) is 4. The second kappa shape index (κ2) is 9.31. The van der Waals surface area contributed by atoms with Gasteiger partial charge in [0.2, 0.25) is 5.91 Å². The summed E-state index contributed by atoms with van der Waals surface area (Å²) in [6, 6.07) is 6.39. The molecule has 1 aromatic heterocycles. The van der Waals surface area contributed by atoms with Crippen molar-refractivity contribution >= 4 is 23.4 Å². The Morgan fingerprint density at radius 1 is 1.00 bits per heavy atom. The first-order valence-electron chi connectivity index (χ1n) is 8.58. The van der Waals surface area contributed by atoms with Crippen molar-refractivity contribution in [1.29, 1.82) is 0 Å². The van der Waals surface area contributed by atoms with Crippen molar-refractivity contribution in [3.8, 4) is 0 Å². The molecule has 4 N–H and O–H groups in total. The van der Waals surface area contributed by atoms with Crippen molar-refractivity contribution in [2.45, 2.75) is 13.3 Å². The standard InChI is InChI=1S/C18H21N5O5/c1-3-14(24)22-12-6-4-11(5-7-12)15(25)19-8-9-20-16(26)13-10-21-18(28)23(2)17(13)27/h4-7,10H,3,8-9H2,1-2H3,(H,19,25)(H,20,26)(H,21,28)(H,22,24). The molecule has 28 heavy (non-hydrogen) atoms. The van der Waals surface area contributed by atoms with Crippen molar-refractivity contribution in [2.24, 2.45) is 7.05 Å². The van der Waals surface area contributed by atoms with Crippen molar-refractivity contribution in [1.82, 2.24) is 20.2 Å². The molecule has 0 atom stereocenters. The molecule has 148 valence electrons. The molecule has 1 heterocycles. The van der Waals surface area contributed by atoms with Gasteiger partial charge in [0.15, 0.2) is 0 Å². The third-order valence-electron chi connectivity index (χ3n) is 3.87. The van der Waals surface area contributed by atoms with Crippen LogP contribution in [0.25, 0.3) is 0 Å². The summed E-state index contributed by atoms with van der Waals surface area (Å²) in [5.41, 5.74) is -0.527. The van der Waals surface area contributed by atoms with E-state index in [9.17, 15) is 24.0 Å². The highest BCUT2D eigenvalue weighted by Gasteiger charge is 2.12. The number of anilines is 1. The molecule has 2 rings (SSSR count). The highest BCUT2D eigenvalue weighted by molar-refractivity contribution is 5.96. The maximum atomic E-state index is 12.1. The van der Waals surface area contributed by atoms with E-state index in [2.05, 4.69) is 20.9 Å². The summed E-state index contributed by atoms with van der Waals surface area (Å²) >= 11 is 0. The number of H-pyrrole nitrogens is 1. The van der Waals surface area contributed by atoms with E-state index in [0.29, 0.717) is 17.7 Å². The van der Waals surface area contributed by atoms with Crippen LogP contribution in [0, 0.1) is 0 Å². The van der Waals surface area contributed by atoms with Gasteiger partial charge >= 0.3 is 5.69 Å². The van der Waals surface area contributed by atoms with E-state index < -0.39 is 17.2 Å². The lowest BCUT2D eigenvalue weighted by Crippen LogP contribution is -2.41. The number of benzene rings is 1. The van der Waals surface area contributed by atoms with Crippen LogP contribution in [-0.4, -0.2) is 40.4 Å². The fourth-order valence-corrected chi connectivity index (χ4v) is 2.23. The van der Waals surface area contributed by atoms with Gasteiger partial charge in [0.25, 0.3) is 17.4 Å². The monoisotopic (exact) mass is 387 g/mol. The Hall–Kier alpha value is -3.69. The first-order valence-corrected chi connectivity index (χ1v) is 8.58. The second-order valence-electron chi connectivity index (χ2n) is 5.86. The molecule has 10 heteroatoms. The van der Waals surface area contributed by atoms with Gasteiger partial charge in [0.1, 0.15) is 5.56 Å². The van der Waals surface area contributed by atoms with E-state index >= 15 is 0 Å². The van der Waals surface area contributed by atoms with Gasteiger partial charge in [0, 0.05) is 44.0 Å². The minimum absolute atomic E-state index is 0.0947. The Labute approximate surface area is 160 Å². The Kier molecular flexibility index (Phi) is 6.85. The van der Waals surface area contributed by atoms with Gasteiger partial charge in [-0.25, -0.2) is 4.79 Å². The molecule has 10 nitrogen and oxygen atoms in total. The van der Waals surface area contributed by atoms with Crippen LogP contribution in [0.3, 0.4) is 0 Å². The smallest absolute Gasteiger partial charge is 0.328 e. The molecule has 0 aliphatic heterocycles. The van der Waals surface area contributed by atoms with Gasteiger partial charge in [0.05, 0.1) is 0 Å². The summed E-state index contributed by atoms with van der Waals surface area (Å²) in [4.78, 5) is 60.8. The number of rotatable bonds is 7. The first-order chi connectivity index (χ1) is 13.3. The Balaban J connectivity index is 1.83. The van der Waals surface area contributed by atoms with Crippen LogP contribution in [0.2, 0.25) is 0 Å². The molecule has 0 aliphatic carbocycles. The van der Waals surface area contributed by atoms with E-state index in [4.69, 9.17) is 0 Å². The van der Waals surface area contributed by atoms with E-state index in [1.54, 1.807) is 31.2 Å². The normalized spacial score (nSPS) is 10.2. The molecular formula is C18H21N5O5. The average molecular weight is 387 g/mol. The van der Waals surface area contributed by atoms with Crippen molar-refractivity contribution in [3.05, 3.63) is 62.4 Å². The highest BCUT2D eigenvalue weighted by Crippen LogP contribution is 2.09. The summed E-state index contributed by atoms with van der Waals surface area (Å²) in [6.07, 6.45) is 1.41. The quantitative estimate of drug-likeness (QED) is 0.478. The SMILES string of the molecule is CCC(=O)Nc1ccc(C(=O)NCCNC(=O)c2c[nH]c(=O)n(C)c2=O)cc1. The lowest BCUT2D eigenvalue weighted by Gasteiger charge is -2.08. The largest absolute Gasteiger partial charge is 0.350 e. The summed E-state index contributed by atoms with van der Waals surface area (Å²) in [5.74, 6) is -1.12. The number of carbonyl (C=O) groups is 3. The van der Waals surface area contributed by atoms with Gasteiger partial charge in [-0.2, -0.15) is 0 Å². The van der Waals surface area contributed by atoms with E-state index in [1.807, 2.05) is 0 Å². The molecule has 0 aliphatic rings. The summed E-state index contributed by atoms with van der Waals surface area (Å²) in [7, 11) is 1.26. The van der Waals surface area contributed by atoms with E-state index in [1.165, 1.54) is 7.05 Å². The maximum absolute atomic E-state index is 12.1. The van der Waals surface area contributed by atoms with Crippen LogP contribution in [-0.2, 0) is 11.8 Å². The van der Waals surface area contributed by atoms with Gasteiger partial charge in [-0.1, -0.05) is 6.92 Å². The third kappa shape index (κ3) is 5.16. The van der Waals surface area contributed by atoms with Gasteiger partial charge < -0.3 is 20.9 Å². The second-order valence-corrected chi connectivity index (χ2v) is 5.86. The van der Waals surface area contributed by atoms with Crippen LogP contribution >= 0.6 is 0 Å². The van der Waals surface area contributed by atoms with E-state index in [-0.39, 0.29) is 30.5 Å². The zero-order valence-corrected chi connectivity index (χ0v) is 15.5. The number of nitrogens with zero attached hydrogens (tertiary/aromatic N) is 1. The van der Waals surface area contributed by atoms with Crippen LogP contribution in [0.5, 0.6) is 0 Å². The lowest BCUT2D eigenvalue weighted by atomic mass is 10.2. The zero-order chi connectivity index (χ0) is 20.7. The number of nitrogens with one attached hydrogen (secondary N) is 4. The Bertz CT molecular complexity index is 991. The topological polar surface area (TPSA) is 142 Å². The van der Waals surface area contributed by atoms with Crippen molar-refractivity contribution in [2.75, 3.05) is 18.4 Å². The van der Waals surface area contributed by atoms with Gasteiger partial charge in [-0.3, -0.25) is 23.7 Å². The molecule has 0 spiro atoms. The number of amides is 3. The van der Waals surface area contributed by atoms with Gasteiger partial charge in [-0.05, 0) is 24.3 Å². The Morgan fingerprint density at radius 3 is 2.21 bits per heavy atom. The molecule has 0 saturated heterocycles. The third-order valence-corrected chi connectivity index (χ3v) is 3.87. The molecule has 0 saturated carbocycles. The number of hydrogen-bond acceptors (Lipinski definition) is 5. The number of aromatic amines is 1. The fraction of sp³-hybridized carbons (Fsp3) is 0.278. The molecular weight excluding hydrogens is 366 g/mol. The molecule has 0 radical (unpaired) electrons. The zero-order valence-electron chi connectivity index (χ0n) is 15.5. The summed E-state index contributed by atoms with van der Waals surface area (Å²) in [5, 5.41) is 7.81. The lowest BCUT2D eigenvalue weighted by molar-refractivity contribution is -0.115.